The molecule has 0 unspecified atom stereocenters. The molecule has 2 aromatic carbocycles. The minimum atomic E-state index is -4.55. The lowest BCUT2D eigenvalue weighted by Gasteiger charge is -2.13. The maximum Gasteiger partial charge on any atom is 0.418 e. The van der Waals surface area contributed by atoms with Crippen molar-refractivity contribution in [1.29, 1.82) is 0 Å². The summed E-state index contributed by atoms with van der Waals surface area (Å²) in [5, 5.41) is 11.1. The van der Waals surface area contributed by atoms with Crippen LogP contribution in [0.25, 0.3) is 0 Å². The van der Waals surface area contributed by atoms with E-state index in [1.807, 2.05) is 43.5 Å². The third-order valence-electron chi connectivity index (χ3n) is 4.64. The quantitative estimate of drug-likeness (QED) is 0.462. The Morgan fingerprint density at radius 2 is 1.91 bits per heavy atom. The molecule has 1 amide bonds. The first-order valence-corrected chi connectivity index (χ1v) is 10.9. The zero-order chi connectivity index (χ0) is 23.3. The average Bonchev–Trinajstić information content (AvgIpc) is 3.13. The van der Waals surface area contributed by atoms with Crippen LogP contribution in [0.1, 0.15) is 29.4 Å². The van der Waals surface area contributed by atoms with Crippen molar-refractivity contribution in [1.82, 2.24) is 14.8 Å². The van der Waals surface area contributed by atoms with E-state index in [4.69, 9.17) is 4.74 Å². The molecule has 3 aromatic rings. The Labute approximate surface area is 188 Å². The van der Waals surface area contributed by atoms with Crippen molar-refractivity contribution in [3.05, 3.63) is 65.0 Å². The minimum absolute atomic E-state index is 0.109. The Hall–Kier alpha value is -3.01. The Kier molecular flexibility index (Phi) is 7.44. The van der Waals surface area contributed by atoms with Crippen LogP contribution in [0.5, 0.6) is 5.75 Å². The van der Waals surface area contributed by atoms with Gasteiger partial charge in [-0.2, -0.15) is 13.2 Å². The molecule has 0 bridgehead atoms. The monoisotopic (exact) mass is 464 g/mol. The normalized spacial score (nSPS) is 11.4. The summed E-state index contributed by atoms with van der Waals surface area (Å²) in [4.78, 5) is 12.3. The van der Waals surface area contributed by atoms with E-state index >= 15 is 0 Å². The highest BCUT2D eigenvalue weighted by Crippen LogP contribution is 2.34. The van der Waals surface area contributed by atoms with E-state index in [0.717, 1.165) is 34.7 Å². The number of rotatable bonds is 8. The van der Waals surface area contributed by atoms with E-state index in [2.05, 4.69) is 15.5 Å². The number of ether oxygens (including phenoxy) is 1. The lowest BCUT2D eigenvalue weighted by atomic mass is 10.1. The van der Waals surface area contributed by atoms with Crippen molar-refractivity contribution >= 4 is 23.4 Å². The topological polar surface area (TPSA) is 69.0 Å². The van der Waals surface area contributed by atoms with Gasteiger partial charge in [0.2, 0.25) is 5.91 Å². The smallest absolute Gasteiger partial charge is 0.418 e. The molecule has 3 rings (SSSR count). The molecule has 6 nitrogen and oxygen atoms in total. The summed E-state index contributed by atoms with van der Waals surface area (Å²) in [6.07, 6.45) is -4.55. The Balaban J connectivity index is 1.62. The highest BCUT2D eigenvalue weighted by atomic mass is 32.2. The number of para-hydroxylation sites is 1. The number of hydrogen-bond acceptors (Lipinski definition) is 5. The van der Waals surface area contributed by atoms with Gasteiger partial charge in [0.25, 0.3) is 0 Å². The van der Waals surface area contributed by atoms with E-state index in [1.54, 1.807) is 0 Å². The molecule has 0 saturated heterocycles. The Morgan fingerprint density at radius 3 is 2.59 bits per heavy atom. The summed E-state index contributed by atoms with van der Waals surface area (Å²) in [6.45, 7) is 6.64. The number of benzene rings is 2. The molecular formula is C22H23F3N4O2S. The molecule has 0 aliphatic heterocycles. The van der Waals surface area contributed by atoms with Crippen LogP contribution in [0.15, 0.2) is 47.6 Å². The number of nitrogens with one attached hydrogen (secondary N) is 1. The van der Waals surface area contributed by atoms with Crippen LogP contribution in [-0.2, 0) is 24.1 Å². The van der Waals surface area contributed by atoms with Crippen molar-refractivity contribution < 1.29 is 22.7 Å². The number of thioether (sulfide) groups is 1. The van der Waals surface area contributed by atoms with Gasteiger partial charge in [-0.05, 0) is 44.5 Å². The van der Waals surface area contributed by atoms with Gasteiger partial charge in [-0.15, -0.1) is 10.2 Å². The van der Waals surface area contributed by atoms with E-state index in [0.29, 0.717) is 17.5 Å². The summed E-state index contributed by atoms with van der Waals surface area (Å²) in [6, 6.07) is 10.8. The summed E-state index contributed by atoms with van der Waals surface area (Å²) >= 11 is 1.10. The zero-order valence-corrected chi connectivity index (χ0v) is 18.7. The predicted molar refractivity (Wildman–Crippen MR) is 117 cm³/mol. The van der Waals surface area contributed by atoms with Gasteiger partial charge in [0.15, 0.2) is 11.0 Å². The lowest BCUT2D eigenvalue weighted by molar-refractivity contribution is -0.137. The first kappa shape index (κ1) is 23.6. The molecule has 0 aliphatic carbocycles. The number of carbonyl (C=O) groups excluding carboxylic acids is 1. The molecule has 0 atom stereocenters. The van der Waals surface area contributed by atoms with Gasteiger partial charge in [0.1, 0.15) is 12.4 Å². The van der Waals surface area contributed by atoms with Gasteiger partial charge >= 0.3 is 6.18 Å². The zero-order valence-electron chi connectivity index (χ0n) is 17.9. The van der Waals surface area contributed by atoms with Crippen LogP contribution in [0, 0.1) is 13.8 Å². The number of carbonyl (C=O) groups is 1. The average molecular weight is 465 g/mol. The Bertz CT molecular complexity index is 1100. The third kappa shape index (κ3) is 5.82. The summed E-state index contributed by atoms with van der Waals surface area (Å²) in [5.41, 5.74) is 0.991. The second-order valence-corrected chi connectivity index (χ2v) is 8.02. The molecule has 0 fully saturated rings. The number of aromatic nitrogens is 3. The van der Waals surface area contributed by atoms with E-state index in [9.17, 15) is 18.0 Å². The summed E-state index contributed by atoms with van der Waals surface area (Å²) in [5.74, 6) is 0.670. The van der Waals surface area contributed by atoms with E-state index < -0.39 is 17.6 Å². The number of aryl methyl sites for hydroxylation is 2. The van der Waals surface area contributed by atoms with Crippen molar-refractivity contribution in [2.45, 2.75) is 45.3 Å². The second-order valence-electron chi connectivity index (χ2n) is 7.08. The van der Waals surface area contributed by atoms with Gasteiger partial charge in [-0.25, -0.2) is 0 Å². The van der Waals surface area contributed by atoms with Crippen molar-refractivity contribution in [2.75, 3.05) is 11.1 Å². The summed E-state index contributed by atoms with van der Waals surface area (Å²) in [7, 11) is 0. The molecule has 1 heterocycles. The first-order valence-electron chi connectivity index (χ1n) is 9.90. The second kappa shape index (κ2) is 10.1. The lowest BCUT2D eigenvalue weighted by Crippen LogP contribution is -2.18. The maximum atomic E-state index is 13.1. The number of alkyl halides is 3. The van der Waals surface area contributed by atoms with Crippen LogP contribution in [0.2, 0.25) is 0 Å². The van der Waals surface area contributed by atoms with Crippen LogP contribution in [0.4, 0.5) is 18.9 Å². The van der Waals surface area contributed by atoms with Crippen LogP contribution >= 0.6 is 11.8 Å². The summed E-state index contributed by atoms with van der Waals surface area (Å²) < 4.78 is 47.0. The molecule has 1 aromatic heterocycles. The number of hydrogen-bond donors (Lipinski definition) is 1. The minimum Gasteiger partial charge on any atom is -0.485 e. The largest absolute Gasteiger partial charge is 0.485 e. The molecule has 10 heteroatoms. The van der Waals surface area contributed by atoms with Gasteiger partial charge < -0.3 is 14.6 Å². The van der Waals surface area contributed by atoms with Gasteiger partial charge in [-0.3, -0.25) is 4.79 Å². The van der Waals surface area contributed by atoms with Crippen LogP contribution < -0.4 is 10.1 Å². The molecule has 0 spiro atoms. The van der Waals surface area contributed by atoms with Crippen molar-refractivity contribution in [2.24, 2.45) is 0 Å². The fourth-order valence-electron chi connectivity index (χ4n) is 3.11. The van der Waals surface area contributed by atoms with Crippen LogP contribution in [-0.4, -0.2) is 26.4 Å². The highest BCUT2D eigenvalue weighted by Gasteiger charge is 2.33. The number of halogens is 3. The van der Waals surface area contributed by atoms with Gasteiger partial charge in [0.05, 0.1) is 17.0 Å². The maximum absolute atomic E-state index is 13.1. The van der Waals surface area contributed by atoms with E-state index in [1.165, 1.54) is 18.2 Å². The number of anilines is 1. The van der Waals surface area contributed by atoms with Gasteiger partial charge in [-0.1, -0.05) is 41.6 Å². The first-order chi connectivity index (χ1) is 15.2. The van der Waals surface area contributed by atoms with Crippen molar-refractivity contribution in [3.8, 4) is 5.75 Å². The molecule has 32 heavy (non-hydrogen) atoms. The third-order valence-corrected chi connectivity index (χ3v) is 5.60. The molecular weight excluding hydrogens is 441 g/mol. The highest BCUT2D eigenvalue weighted by molar-refractivity contribution is 7.99. The standard InChI is InChI=1S/C22H23F3N4O2S/c1-4-29-19(12-31-18-10-9-14(2)11-15(18)3)27-28-21(29)32-13-20(30)26-17-8-6-5-7-16(17)22(23,24)25/h5-11H,4,12-13H2,1-3H3,(H,26,30). The fourth-order valence-corrected chi connectivity index (χ4v) is 3.93. The van der Waals surface area contributed by atoms with Gasteiger partial charge in [0, 0.05) is 6.54 Å². The predicted octanol–water partition coefficient (Wildman–Crippen LogP) is 5.24. The molecule has 170 valence electrons. The molecule has 0 aliphatic rings. The molecule has 0 radical (unpaired) electrons. The Morgan fingerprint density at radius 1 is 1.16 bits per heavy atom. The van der Waals surface area contributed by atoms with Crippen LogP contribution in [0.3, 0.4) is 0 Å². The number of nitrogens with zero attached hydrogens (tertiary/aromatic N) is 3. The molecule has 0 saturated carbocycles. The number of amides is 1. The van der Waals surface area contributed by atoms with E-state index in [-0.39, 0.29) is 18.0 Å². The fraction of sp³-hybridized carbons (Fsp3) is 0.318. The molecule has 1 N–H and O–H groups in total. The SMILES string of the molecule is CCn1c(COc2ccc(C)cc2C)nnc1SCC(=O)Nc1ccccc1C(F)(F)F. The van der Waals surface area contributed by atoms with Crippen molar-refractivity contribution in [3.63, 3.8) is 0 Å².